The molecule has 1 aliphatic heterocycles. The summed E-state index contributed by atoms with van der Waals surface area (Å²) in [5.41, 5.74) is 0. The van der Waals surface area contributed by atoms with Crippen LogP contribution in [0.15, 0.2) is 0 Å². The lowest BCUT2D eigenvalue weighted by Gasteiger charge is -2.38. The molecule has 1 rings (SSSR count). The zero-order valence-corrected chi connectivity index (χ0v) is 10.5. The van der Waals surface area contributed by atoms with Gasteiger partial charge in [-0.1, -0.05) is 32.5 Å². The predicted molar refractivity (Wildman–Crippen MR) is 66.9 cm³/mol. The van der Waals surface area contributed by atoms with E-state index in [1.165, 1.54) is 12.8 Å². The Hall–Kier alpha value is -0.460. The molecule has 15 heavy (non-hydrogen) atoms. The first-order chi connectivity index (χ1) is 7.22. The van der Waals surface area contributed by atoms with E-state index in [-0.39, 0.29) is 6.04 Å². The summed E-state index contributed by atoms with van der Waals surface area (Å²) < 4.78 is 0. The first-order valence-corrected chi connectivity index (χ1v) is 6.30. The van der Waals surface area contributed by atoms with E-state index in [4.69, 9.17) is 17.5 Å². The van der Waals surface area contributed by atoms with E-state index >= 15 is 0 Å². The minimum Gasteiger partial charge on any atom is -0.280 e. The molecule has 2 atom stereocenters. The van der Waals surface area contributed by atoms with Crippen molar-refractivity contribution in [3.05, 3.63) is 0 Å². The molecule has 0 aliphatic carbocycles. The second kappa shape index (κ2) is 6.19. The zero-order valence-electron chi connectivity index (χ0n) is 9.70. The van der Waals surface area contributed by atoms with Crippen LogP contribution in [0.3, 0.4) is 0 Å². The van der Waals surface area contributed by atoms with Gasteiger partial charge in [-0.3, -0.25) is 4.90 Å². The Balaban J connectivity index is 2.69. The number of hydrogen-bond donors (Lipinski definition) is 0. The first kappa shape index (κ1) is 12.6. The van der Waals surface area contributed by atoms with Crippen LogP contribution in [0.5, 0.6) is 0 Å². The fraction of sp³-hybridized carbons (Fsp3) is 0.833. The minimum atomic E-state index is 0.0554. The lowest BCUT2D eigenvalue weighted by Crippen LogP contribution is -2.48. The molecule has 2 unspecified atom stereocenters. The van der Waals surface area contributed by atoms with Crippen molar-refractivity contribution in [3.63, 3.8) is 0 Å². The Bertz CT molecular complexity index is 257. The highest BCUT2D eigenvalue weighted by Crippen LogP contribution is 2.23. The van der Waals surface area contributed by atoms with Crippen molar-refractivity contribution >= 4 is 17.1 Å². The number of nitrogens with zero attached hydrogens (tertiary/aromatic N) is 2. The third-order valence-corrected chi connectivity index (χ3v) is 3.48. The van der Waals surface area contributed by atoms with Crippen LogP contribution in [0.2, 0.25) is 0 Å². The lowest BCUT2D eigenvalue weighted by molar-refractivity contribution is 0.156. The third kappa shape index (κ3) is 3.25. The van der Waals surface area contributed by atoms with Gasteiger partial charge in [0.05, 0.1) is 12.1 Å². The van der Waals surface area contributed by atoms with Crippen LogP contribution >= 0.6 is 12.2 Å². The highest BCUT2D eigenvalue weighted by atomic mass is 32.1. The van der Waals surface area contributed by atoms with Crippen LogP contribution in [0.25, 0.3) is 0 Å². The number of hydrogen-bond acceptors (Lipinski definition) is 3. The molecule has 0 aromatic rings. The van der Waals surface area contributed by atoms with E-state index in [0.717, 1.165) is 30.7 Å². The van der Waals surface area contributed by atoms with Gasteiger partial charge in [-0.15, -0.1) is 0 Å². The van der Waals surface area contributed by atoms with Gasteiger partial charge < -0.3 is 0 Å². The van der Waals surface area contributed by atoms with E-state index in [0.29, 0.717) is 6.04 Å². The average Bonchev–Trinajstić information content (AvgIpc) is 2.24. The van der Waals surface area contributed by atoms with Gasteiger partial charge in [-0.2, -0.15) is 5.26 Å². The summed E-state index contributed by atoms with van der Waals surface area (Å²) in [7, 11) is 0. The average molecular weight is 224 g/mol. The van der Waals surface area contributed by atoms with Gasteiger partial charge in [-0.05, 0) is 25.7 Å². The van der Waals surface area contributed by atoms with Gasteiger partial charge in [0.15, 0.2) is 0 Å². The highest BCUT2D eigenvalue weighted by Gasteiger charge is 2.29. The van der Waals surface area contributed by atoms with Gasteiger partial charge in [0.2, 0.25) is 0 Å². The maximum atomic E-state index is 9.12. The van der Waals surface area contributed by atoms with Crippen LogP contribution in [0.1, 0.15) is 46.0 Å². The largest absolute Gasteiger partial charge is 0.280 e. The van der Waals surface area contributed by atoms with Gasteiger partial charge in [0.1, 0.15) is 0 Å². The maximum absolute atomic E-state index is 9.12. The number of thiocarbonyl (C=S) groups is 1. The second-order valence-electron chi connectivity index (χ2n) is 4.25. The number of rotatable bonds is 4. The van der Waals surface area contributed by atoms with Gasteiger partial charge >= 0.3 is 0 Å². The van der Waals surface area contributed by atoms with Crippen molar-refractivity contribution in [3.8, 4) is 6.07 Å². The Morgan fingerprint density at radius 1 is 1.60 bits per heavy atom. The molecular weight excluding hydrogens is 204 g/mol. The molecule has 0 bridgehead atoms. The molecule has 2 nitrogen and oxygen atoms in total. The maximum Gasteiger partial charge on any atom is 0.0980 e. The number of likely N-dealkylation sites (tertiary alicyclic amines) is 1. The van der Waals surface area contributed by atoms with Crippen LogP contribution in [0.4, 0.5) is 0 Å². The topological polar surface area (TPSA) is 27.0 Å². The summed E-state index contributed by atoms with van der Waals surface area (Å²) in [4.78, 5) is 3.44. The van der Waals surface area contributed by atoms with Gasteiger partial charge in [0, 0.05) is 17.5 Å². The number of piperidine rings is 1. The molecule has 0 amide bonds. The monoisotopic (exact) mass is 224 g/mol. The van der Waals surface area contributed by atoms with Gasteiger partial charge in [0.25, 0.3) is 0 Å². The van der Waals surface area contributed by atoms with Crippen molar-refractivity contribution in [1.29, 1.82) is 5.26 Å². The Morgan fingerprint density at radius 2 is 2.33 bits per heavy atom. The molecule has 0 radical (unpaired) electrons. The van der Waals surface area contributed by atoms with Crippen molar-refractivity contribution in [2.45, 2.75) is 58.0 Å². The van der Waals surface area contributed by atoms with Crippen molar-refractivity contribution in [2.24, 2.45) is 0 Å². The van der Waals surface area contributed by atoms with Crippen molar-refractivity contribution in [2.75, 3.05) is 6.54 Å². The summed E-state index contributed by atoms with van der Waals surface area (Å²) >= 11 is 5.28. The minimum absolute atomic E-state index is 0.0554. The van der Waals surface area contributed by atoms with E-state index in [1.807, 2.05) is 0 Å². The smallest absolute Gasteiger partial charge is 0.0980 e. The fourth-order valence-electron chi connectivity index (χ4n) is 2.31. The molecule has 1 fully saturated rings. The molecule has 0 N–H and O–H groups in total. The molecule has 0 aromatic heterocycles. The Morgan fingerprint density at radius 3 is 2.87 bits per heavy atom. The molecule has 0 aromatic carbocycles. The predicted octanol–water partition coefficient (Wildman–Crippen LogP) is 2.92. The van der Waals surface area contributed by atoms with E-state index in [9.17, 15) is 0 Å². The Kier molecular flexibility index (Phi) is 5.21. The van der Waals surface area contributed by atoms with Crippen LogP contribution in [-0.4, -0.2) is 28.4 Å². The number of nitriles is 1. The van der Waals surface area contributed by atoms with Crippen molar-refractivity contribution in [1.82, 2.24) is 4.90 Å². The summed E-state index contributed by atoms with van der Waals surface area (Å²) in [6, 6.07) is 3.03. The van der Waals surface area contributed by atoms with E-state index in [2.05, 4.69) is 24.8 Å². The molecular formula is C12H20N2S. The van der Waals surface area contributed by atoms with Gasteiger partial charge in [-0.25, -0.2) is 0 Å². The van der Waals surface area contributed by atoms with E-state index in [1.54, 1.807) is 0 Å². The molecule has 1 aliphatic rings. The van der Waals surface area contributed by atoms with Crippen molar-refractivity contribution < 1.29 is 0 Å². The van der Waals surface area contributed by atoms with E-state index < -0.39 is 0 Å². The fourth-order valence-corrected chi connectivity index (χ4v) is 2.58. The summed E-state index contributed by atoms with van der Waals surface area (Å²) in [6.07, 6.45) is 5.50. The summed E-state index contributed by atoms with van der Waals surface area (Å²) in [5, 5.41) is 9.12. The zero-order chi connectivity index (χ0) is 11.3. The summed E-state index contributed by atoms with van der Waals surface area (Å²) in [5.74, 6) is 0. The quantitative estimate of drug-likeness (QED) is 0.687. The molecule has 3 heteroatoms. The molecule has 1 saturated heterocycles. The lowest BCUT2D eigenvalue weighted by atomic mass is 9.95. The Labute approximate surface area is 98.3 Å². The first-order valence-electron chi connectivity index (χ1n) is 5.90. The molecule has 1 heterocycles. The second-order valence-corrected chi connectivity index (χ2v) is 4.82. The molecule has 84 valence electrons. The SMILES string of the molecule is CCCC1CCC(=S)CN1C(C#N)CC. The van der Waals surface area contributed by atoms with Crippen LogP contribution in [0, 0.1) is 11.3 Å². The van der Waals surface area contributed by atoms with Crippen LogP contribution < -0.4 is 0 Å². The molecule has 0 spiro atoms. The molecule has 0 saturated carbocycles. The van der Waals surface area contributed by atoms with Crippen LogP contribution in [-0.2, 0) is 0 Å². The summed E-state index contributed by atoms with van der Waals surface area (Å²) in [6.45, 7) is 5.14. The standard InChI is InChI=1S/C12H20N2S/c1-3-5-11-6-7-12(15)9-14(11)10(4-2)8-13/h10-11H,3-7,9H2,1-2H3. The third-order valence-electron chi connectivity index (χ3n) is 3.14. The normalized spacial score (nSPS) is 24.9. The highest BCUT2D eigenvalue weighted by molar-refractivity contribution is 7.80.